The third kappa shape index (κ3) is 3.99. The van der Waals surface area contributed by atoms with Crippen LogP contribution in [-0.2, 0) is 0 Å². The van der Waals surface area contributed by atoms with E-state index in [0.717, 1.165) is 61.4 Å². The Bertz CT molecular complexity index is 889. The molecule has 2 aromatic carbocycles. The van der Waals surface area contributed by atoms with Gasteiger partial charge in [0.05, 0.1) is 5.69 Å². The van der Waals surface area contributed by atoms with Crippen LogP contribution in [0.4, 0.5) is 17.5 Å². The van der Waals surface area contributed by atoms with Crippen LogP contribution in [0.5, 0.6) is 0 Å². The molecule has 0 atom stereocenters. The first kappa shape index (κ1) is 18.4. The minimum absolute atomic E-state index is 0.723. The number of rotatable bonds is 5. The van der Waals surface area contributed by atoms with Crippen LogP contribution < -0.4 is 9.80 Å². The van der Waals surface area contributed by atoms with Gasteiger partial charge in [-0.1, -0.05) is 55.5 Å². The van der Waals surface area contributed by atoms with Crippen molar-refractivity contribution in [2.45, 2.75) is 6.92 Å². The molecule has 2 heterocycles. The molecule has 1 aromatic heterocycles. The van der Waals surface area contributed by atoms with Gasteiger partial charge in [-0.05, 0) is 18.7 Å². The number of benzene rings is 2. The minimum atomic E-state index is 0.723. The van der Waals surface area contributed by atoms with Gasteiger partial charge in [0, 0.05) is 50.5 Å². The fraction of sp³-hybridized carbons (Fsp3) is 0.304. The van der Waals surface area contributed by atoms with Gasteiger partial charge in [-0.25, -0.2) is 4.98 Å². The molecule has 1 saturated heterocycles. The summed E-state index contributed by atoms with van der Waals surface area (Å²) in [6.45, 7) is 7.47. The molecule has 5 heteroatoms. The Hall–Kier alpha value is -2.92. The molecule has 0 N–H and O–H groups in total. The van der Waals surface area contributed by atoms with E-state index in [0.29, 0.717) is 0 Å². The number of para-hydroxylation sites is 1. The second-order valence-corrected chi connectivity index (χ2v) is 7.09. The summed E-state index contributed by atoms with van der Waals surface area (Å²) < 4.78 is 0. The highest BCUT2D eigenvalue weighted by Gasteiger charge is 2.20. The van der Waals surface area contributed by atoms with Gasteiger partial charge in [0.25, 0.3) is 0 Å². The second-order valence-electron chi connectivity index (χ2n) is 7.09. The number of hydrogen-bond donors (Lipinski definition) is 0. The lowest BCUT2D eigenvalue weighted by atomic mass is 10.1. The molecule has 1 aliphatic heterocycles. The summed E-state index contributed by atoms with van der Waals surface area (Å²) in [6.07, 6.45) is 0. The predicted octanol–water partition coefficient (Wildman–Crippen LogP) is 4.05. The summed E-state index contributed by atoms with van der Waals surface area (Å²) in [6, 6.07) is 22.7. The Morgan fingerprint density at radius 3 is 2.14 bits per heavy atom. The van der Waals surface area contributed by atoms with Crippen LogP contribution in [-0.4, -0.2) is 54.6 Å². The highest BCUT2D eigenvalue weighted by atomic mass is 15.3. The van der Waals surface area contributed by atoms with Crippen LogP contribution in [0.1, 0.15) is 6.92 Å². The Morgan fingerprint density at radius 1 is 0.857 bits per heavy atom. The molecule has 0 spiro atoms. The first-order valence-corrected chi connectivity index (χ1v) is 9.95. The number of piperazine rings is 1. The number of nitrogens with zero attached hydrogens (tertiary/aromatic N) is 5. The average molecular weight is 374 g/mol. The molecule has 0 radical (unpaired) electrons. The Kier molecular flexibility index (Phi) is 5.53. The lowest BCUT2D eigenvalue weighted by Crippen LogP contribution is -2.46. The zero-order valence-electron chi connectivity index (χ0n) is 16.6. The summed E-state index contributed by atoms with van der Waals surface area (Å²) in [4.78, 5) is 16.7. The van der Waals surface area contributed by atoms with Gasteiger partial charge in [0.1, 0.15) is 5.82 Å². The summed E-state index contributed by atoms with van der Waals surface area (Å²) in [5, 5.41) is 0. The molecule has 0 amide bonds. The van der Waals surface area contributed by atoms with Crippen molar-refractivity contribution in [2.75, 3.05) is 49.6 Å². The molecule has 28 heavy (non-hydrogen) atoms. The largest absolute Gasteiger partial charge is 0.354 e. The van der Waals surface area contributed by atoms with Crippen molar-refractivity contribution in [1.82, 2.24) is 14.9 Å². The first-order chi connectivity index (χ1) is 13.7. The zero-order chi connectivity index (χ0) is 19.3. The van der Waals surface area contributed by atoms with E-state index in [1.807, 2.05) is 31.3 Å². The maximum atomic E-state index is 4.93. The summed E-state index contributed by atoms with van der Waals surface area (Å²) in [5.41, 5.74) is 3.15. The van der Waals surface area contributed by atoms with Gasteiger partial charge < -0.3 is 14.7 Å². The average Bonchev–Trinajstić information content (AvgIpc) is 2.79. The van der Waals surface area contributed by atoms with Crippen molar-refractivity contribution in [1.29, 1.82) is 0 Å². The van der Waals surface area contributed by atoms with Gasteiger partial charge in [-0.2, -0.15) is 4.98 Å². The van der Waals surface area contributed by atoms with Gasteiger partial charge in [-0.15, -0.1) is 0 Å². The van der Waals surface area contributed by atoms with E-state index in [-0.39, 0.29) is 0 Å². The highest BCUT2D eigenvalue weighted by molar-refractivity contribution is 5.67. The van der Waals surface area contributed by atoms with Crippen LogP contribution in [0.3, 0.4) is 0 Å². The normalized spacial score (nSPS) is 14.9. The van der Waals surface area contributed by atoms with Crippen molar-refractivity contribution in [3.8, 4) is 11.3 Å². The van der Waals surface area contributed by atoms with Gasteiger partial charge >= 0.3 is 0 Å². The van der Waals surface area contributed by atoms with Crippen LogP contribution in [0.25, 0.3) is 11.3 Å². The van der Waals surface area contributed by atoms with Crippen molar-refractivity contribution in [3.63, 3.8) is 0 Å². The summed E-state index contributed by atoms with van der Waals surface area (Å²) in [5.74, 6) is 1.72. The Morgan fingerprint density at radius 2 is 1.50 bits per heavy atom. The number of anilines is 3. The third-order valence-electron chi connectivity index (χ3n) is 5.36. The molecule has 3 aromatic rings. The molecular formula is C23H27N5. The quantitative estimate of drug-likeness (QED) is 0.674. The van der Waals surface area contributed by atoms with Gasteiger partial charge in [-0.3, -0.25) is 0 Å². The molecule has 5 nitrogen and oxygen atoms in total. The van der Waals surface area contributed by atoms with E-state index in [2.05, 4.69) is 64.1 Å². The van der Waals surface area contributed by atoms with Crippen molar-refractivity contribution < 1.29 is 0 Å². The predicted molar refractivity (Wildman–Crippen MR) is 116 cm³/mol. The van der Waals surface area contributed by atoms with E-state index in [9.17, 15) is 0 Å². The number of aromatic nitrogens is 2. The number of hydrogen-bond acceptors (Lipinski definition) is 5. The van der Waals surface area contributed by atoms with Crippen molar-refractivity contribution in [2.24, 2.45) is 0 Å². The molecule has 0 aliphatic carbocycles. The molecule has 144 valence electrons. The fourth-order valence-electron chi connectivity index (χ4n) is 3.55. The highest BCUT2D eigenvalue weighted by Crippen LogP contribution is 2.28. The molecule has 0 bridgehead atoms. The maximum absolute atomic E-state index is 4.93. The minimum Gasteiger partial charge on any atom is -0.354 e. The lowest BCUT2D eigenvalue weighted by Gasteiger charge is -2.35. The van der Waals surface area contributed by atoms with E-state index in [1.54, 1.807) is 0 Å². The summed E-state index contributed by atoms with van der Waals surface area (Å²) in [7, 11) is 2.03. The SMILES string of the molecule is CCN1CCN(c2cc(-c3ccccc3)nc(N(C)c3ccccc3)n2)CC1. The van der Waals surface area contributed by atoms with Gasteiger partial charge in [0.2, 0.25) is 5.95 Å². The van der Waals surface area contributed by atoms with E-state index >= 15 is 0 Å². The van der Waals surface area contributed by atoms with E-state index in [4.69, 9.17) is 9.97 Å². The van der Waals surface area contributed by atoms with E-state index in [1.165, 1.54) is 0 Å². The number of likely N-dealkylation sites (N-methyl/N-ethyl adjacent to an activating group) is 1. The van der Waals surface area contributed by atoms with Crippen molar-refractivity contribution >= 4 is 17.5 Å². The molecule has 1 fully saturated rings. The maximum Gasteiger partial charge on any atom is 0.232 e. The standard InChI is InChI=1S/C23H27N5/c1-3-27-14-16-28(17-15-27)22-18-21(19-10-6-4-7-11-19)24-23(25-22)26(2)20-12-8-5-9-13-20/h4-13,18H,3,14-17H2,1-2H3. The molecule has 4 rings (SSSR count). The monoisotopic (exact) mass is 373 g/mol. The molecule has 0 saturated carbocycles. The smallest absolute Gasteiger partial charge is 0.232 e. The molecule has 1 aliphatic rings. The van der Waals surface area contributed by atoms with Crippen LogP contribution >= 0.6 is 0 Å². The Balaban J connectivity index is 1.71. The fourth-order valence-corrected chi connectivity index (χ4v) is 3.55. The summed E-state index contributed by atoms with van der Waals surface area (Å²) >= 11 is 0. The first-order valence-electron chi connectivity index (χ1n) is 9.95. The molecular weight excluding hydrogens is 346 g/mol. The Labute approximate surface area is 167 Å². The topological polar surface area (TPSA) is 35.5 Å². The van der Waals surface area contributed by atoms with Crippen LogP contribution in [0, 0.1) is 0 Å². The third-order valence-corrected chi connectivity index (χ3v) is 5.36. The van der Waals surface area contributed by atoms with Crippen LogP contribution in [0.15, 0.2) is 66.7 Å². The van der Waals surface area contributed by atoms with Crippen LogP contribution in [0.2, 0.25) is 0 Å². The molecule has 0 unspecified atom stereocenters. The van der Waals surface area contributed by atoms with Crippen molar-refractivity contribution in [3.05, 3.63) is 66.7 Å². The van der Waals surface area contributed by atoms with Gasteiger partial charge in [0.15, 0.2) is 0 Å². The van der Waals surface area contributed by atoms with E-state index < -0.39 is 0 Å². The lowest BCUT2D eigenvalue weighted by molar-refractivity contribution is 0.270. The second kappa shape index (κ2) is 8.40. The zero-order valence-corrected chi connectivity index (χ0v) is 16.6.